The van der Waals surface area contributed by atoms with Crippen LogP contribution in [-0.2, 0) is 14.8 Å². The van der Waals surface area contributed by atoms with Crippen LogP contribution in [0, 0.1) is 17.3 Å². The van der Waals surface area contributed by atoms with Gasteiger partial charge in [0, 0.05) is 24.1 Å². The molecule has 2 atom stereocenters. The van der Waals surface area contributed by atoms with E-state index in [9.17, 15) is 13.2 Å². The first kappa shape index (κ1) is 18.4. The van der Waals surface area contributed by atoms with Crippen LogP contribution >= 0.6 is 15.9 Å². The van der Waals surface area contributed by atoms with E-state index in [0.29, 0.717) is 17.5 Å². The lowest BCUT2D eigenvalue weighted by atomic mass is 9.49. The Morgan fingerprint density at radius 1 is 1.12 bits per heavy atom. The third-order valence-electron chi connectivity index (χ3n) is 6.36. The van der Waals surface area contributed by atoms with E-state index in [4.69, 9.17) is 0 Å². The Hall–Kier alpha value is -0.920. The van der Waals surface area contributed by atoms with Crippen LogP contribution in [0.4, 0.5) is 5.69 Å². The molecule has 5 nitrogen and oxygen atoms in total. The fourth-order valence-electron chi connectivity index (χ4n) is 5.60. The molecule has 4 aliphatic rings. The number of carbonyl (C=O) groups is 1. The van der Waals surface area contributed by atoms with Gasteiger partial charge in [-0.1, -0.05) is 15.9 Å². The van der Waals surface area contributed by atoms with Crippen molar-refractivity contribution in [1.82, 2.24) is 4.31 Å². The standard InChI is InChI=1S/C19H25BrN2O3S/c1-22(2)26(24,25)16-5-3-15(4-6-16)21-17(23)18-8-13-7-14(9-18)11-19(20,10-13)12-18/h3-6,13-14H,7-12H2,1-2H3,(H,21,23). The minimum Gasteiger partial charge on any atom is -0.326 e. The quantitative estimate of drug-likeness (QED) is 0.726. The van der Waals surface area contributed by atoms with Crippen LogP contribution in [0.1, 0.15) is 38.5 Å². The third kappa shape index (κ3) is 3.02. The van der Waals surface area contributed by atoms with Gasteiger partial charge >= 0.3 is 0 Å². The smallest absolute Gasteiger partial charge is 0.242 e. The average molecular weight is 441 g/mol. The molecule has 26 heavy (non-hydrogen) atoms. The van der Waals surface area contributed by atoms with Gasteiger partial charge in [0.05, 0.1) is 10.3 Å². The van der Waals surface area contributed by atoms with Crippen LogP contribution < -0.4 is 5.32 Å². The minimum absolute atomic E-state index is 0.0960. The molecule has 142 valence electrons. The molecular weight excluding hydrogens is 416 g/mol. The molecule has 0 aromatic heterocycles. The molecule has 4 aliphatic carbocycles. The number of sulfonamides is 1. The third-order valence-corrected chi connectivity index (χ3v) is 9.12. The molecule has 7 heteroatoms. The molecule has 5 rings (SSSR count). The molecule has 0 saturated heterocycles. The summed E-state index contributed by atoms with van der Waals surface area (Å²) in [6.07, 6.45) is 6.52. The van der Waals surface area contributed by atoms with Crippen molar-refractivity contribution in [2.45, 2.75) is 47.7 Å². The van der Waals surface area contributed by atoms with Crippen molar-refractivity contribution in [3.05, 3.63) is 24.3 Å². The highest BCUT2D eigenvalue weighted by Crippen LogP contribution is 2.64. The summed E-state index contributed by atoms with van der Waals surface area (Å²) in [6, 6.07) is 6.46. The van der Waals surface area contributed by atoms with E-state index < -0.39 is 10.0 Å². The van der Waals surface area contributed by atoms with Crippen LogP contribution in [0.5, 0.6) is 0 Å². The van der Waals surface area contributed by atoms with Crippen molar-refractivity contribution in [2.24, 2.45) is 17.3 Å². The van der Waals surface area contributed by atoms with Gasteiger partial charge in [0.25, 0.3) is 0 Å². The maximum absolute atomic E-state index is 13.1. The molecule has 1 aromatic carbocycles. The average Bonchev–Trinajstić information content (AvgIpc) is 2.52. The van der Waals surface area contributed by atoms with E-state index in [-0.39, 0.29) is 20.5 Å². The number of rotatable bonds is 4. The number of anilines is 1. The van der Waals surface area contributed by atoms with Gasteiger partial charge in [0.2, 0.25) is 15.9 Å². The Balaban J connectivity index is 1.52. The predicted octanol–water partition coefficient (Wildman–Crippen LogP) is 3.61. The van der Waals surface area contributed by atoms with E-state index in [2.05, 4.69) is 21.2 Å². The predicted molar refractivity (Wildman–Crippen MR) is 105 cm³/mol. The summed E-state index contributed by atoms with van der Waals surface area (Å²) < 4.78 is 25.7. The zero-order valence-electron chi connectivity index (χ0n) is 15.2. The number of carbonyl (C=O) groups excluding carboxylic acids is 1. The SMILES string of the molecule is CN(C)S(=O)(=O)c1ccc(NC(=O)C23CC4CC(CC(Br)(C4)C2)C3)cc1. The summed E-state index contributed by atoms with van der Waals surface area (Å²) in [6.45, 7) is 0. The first-order chi connectivity index (χ1) is 12.1. The number of hydrogen-bond acceptors (Lipinski definition) is 3. The number of hydrogen-bond donors (Lipinski definition) is 1. The van der Waals surface area contributed by atoms with E-state index >= 15 is 0 Å². The van der Waals surface area contributed by atoms with Crippen LogP contribution in [0.25, 0.3) is 0 Å². The number of alkyl halides is 1. The van der Waals surface area contributed by atoms with Crippen LogP contribution in [0.3, 0.4) is 0 Å². The van der Waals surface area contributed by atoms with Crippen molar-refractivity contribution >= 4 is 37.5 Å². The molecule has 0 radical (unpaired) electrons. The number of amides is 1. The Morgan fingerprint density at radius 2 is 1.69 bits per heavy atom. The molecule has 4 saturated carbocycles. The summed E-state index contributed by atoms with van der Waals surface area (Å²) >= 11 is 3.94. The summed E-state index contributed by atoms with van der Waals surface area (Å²) in [5.74, 6) is 1.39. The first-order valence-corrected chi connectivity index (χ1v) is 11.4. The highest BCUT2D eigenvalue weighted by molar-refractivity contribution is 9.10. The van der Waals surface area contributed by atoms with Crippen molar-refractivity contribution < 1.29 is 13.2 Å². The molecule has 0 spiro atoms. The highest BCUT2D eigenvalue weighted by atomic mass is 79.9. The fourth-order valence-corrected chi connectivity index (χ4v) is 7.96. The topological polar surface area (TPSA) is 66.5 Å². The van der Waals surface area contributed by atoms with Gasteiger partial charge in [0.1, 0.15) is 0 Å². The van der Waals surface area contributed by atoms with Crippen molar-refractivity contribution in [3.63, 3.8) is 0 Å². The Labute approximate surface area is 163 Å². The van der Waals surface area contributed by atoms with Crippen LogP contribution in [-0.4, -0.2) is 37.0 Å². The Kier molecular flexibility index (Phi) is 4.29. The van der Waals surface area contributed by atoms with Crippen molar-refractivity contribution in [1.29, 1.82) is 0 Å². The Morgan fingerprint density at radius 3 is 2.19 bits per heavy atom. The maximum atomic E-state index is 13.1. The summed E-state index contributed by atoms with van der Waals surface area (Å²) in [5.41, 5.74) is 0.384. The molecule has 4 fully saturated rings. The molecular formula is C19H25BrN2O3S. The van der Waals surface area contributed by atoms with Gasteiger partial charge in [0.15, 0.2) is 0 Å². The molecule has 0 heterocycles. The van der Waals surface area contributed by atoms with Crippen LogP contribution in [0.15, 0.2) is 29.2 Å². The first-order valence-electron chi connectivity index (χ1n) is 9.15. The number of halogens is 1. The maximum Gasteiger partial charge on any atom is 0.242 e. The Bertz CT molecular complexity index is 821. The summed E-state index contributed by atoms with van der Waals surface area (Å²) in [5, 5.41) is 3.06. The zero-order chi connectivity index (χ0) is 18.7. The van der Waals surface area contributed by atoms with Gasteiger partial charge in [-0.2, -0.15) is 0 Å². The summed E-state index contributed by atoms with van der Waals surface area (Å²) in [7, 11) is -0.436. The number of nitrogens with one attached hydrogen (secondary N) is 1. The van der Waals surface area contributed by atoms with E-state index in [1.807, 2.05) is 0 Å². The van der Waals surface area contributed by atoms with Gasteiger partial charge in [-0.05, 0) is 74.6 Å². The molecule has 1 N–H and O–H groups in total. The lowest BCUT2D eigenvalue weighted by Gasteiger charge is -2.59. The van der Waals surface area contributed by atoms with E-state index in [1.165, 1.54) is 37.7 Å². The van der Waals surface area contributed by atoms with Crippen molar-refractivity contribution in [3.8, 4) is 0 Å². The second kappa shape index (κ2) is 6.04. The molecule has 2 unspecified atom stereocenters. The lowest BCUT2D eigenvalue weighted by Crippen LogP contribution is -2.57. The van der Waals surface area contributed by atoms with Crippen molar-refractivity contribution in [2.75, 3.05) is 19.4 Å². The van der Waals surface area contributed by atoms with Gasteiger partial charge in [-0.3, -0.25) is 4.79 Å². The molecule has 4 bridgehead atoms. The zero-order valence-corrected chi connectivity index (χ0v) is 17.6. The van der Waals surface area contributed by atoms with Gasteiger partial charge < -0.3 is 5.32 Å². The number of benzene rings is 1. The van der Waals surface area contributed by atoms with E-state index in [0.717, 1.165) is 19.3 Å². The number of nitrogens with zero attached hydrogens (tertiary/aromatic N) is 1. The van der Waals surface area contributed by atoms with Crippen LogP contribution in [0.2, 0.25) is 0 Å². The second-order valence-electron chi connectivity index (χ2n) is 8.66. The minimum atomic E-state index is -3.45. The highest BCUT2D eigenvalue weighted by Gasteiger charge is 2.59. The fraction of sp³-hybridized carbons (Fsp3) is 0.632. The summed E-state index contributed by atoms with van der Waals surface area (Å²) in [4.78, 5) is 13.4. The molecule has 1 amide bonds. The molecule has 0 aliphatic heterocycles. The second-order valence-corrected chi connectivity index (χ2v) is 12.5. The lowest BCUT2D eigenvalue weighted by molar-refractivity contribution is -0.138. The largest absolute Gasteiger partial charge is 0.326 e. The van der Waals surface area contributed by atoms with E-state index in [1.54, 1.807) is 24.3 Å². The van der Waals surface area contributed by atoms with Gasteiger partial charge in [-0.25, -0.2) is 12.7 Å². The monoisotopic (exact) mass is 440 g/mol. The van der Waals surface area contributed by atoms with Gasteiger partial charge in [-0.15, -0.1) is 0 Å². The molecule has 1 aromatic rings. The normalized spacial score (nSPS) is 35.7.